The number of hydrogen-bond donors (Lipinski definition) is 0. The Bertz CT molecular complexity index is 166. The molecule has 0 amide bonds. The second-order valence-corrected chi connectivity index (χ2v) is 13.3. The molecule has 14 heavy (non-hydrogen) atoms. The summed E-state index contributed by atoms with van der Waals surface area (Å²) in [7, 11) is -2.96. The van der Waals surface area contributed by atoms with Gasteiger partial charge in [0, 0.05) is 0 Å². The molecule has 3 heteroatoms. The van der Waals surface area contributed by atoms with Crippen LogP contribution in [0, 0.1) is 0 Å². The van der Waals surface area contributed by atoms with E-state index in [-0.39, 0.29) is 7.43 Å². The van der Waals surface area contributed by atoms with Gasteiger partial charge in [-0.1, -0.05) is 19.6 Å². The van der Waals surface area contributed by atoms with Gasteiger partial charge < -0.3 is 4.12 Å². The highest BCUT2D eigenvalue weighted by Crippen LogP contribution is 2.21. The van der Waals surface area contributed by atoms with E-state index < -0.39 is 16.6 Å². The van der Waals surface area contributed by atoms with Crippen molar-refractivity contribution in [3.63, 3.8) is 0 Å². The van der Waals surface area contributed by atoms with Crippen LogP contribution in [0.25, 0.3) is 0 Å². The molecule has 0 aliphatic rings. The summed E-state index contributed by atoms with van der Waals surface area (Å²) < 4.78 is 6.24. The summed E-state index contributed by atoms with van der Waals surface area (Å²) in [5, 5.41) is 0. The molecule has 0 heterocycles. The van der Waals surface area contributed by atoms with E-state index in [0.717, 1.165) is 12.1 Å². The van der Waals surface area contributed by atoms with Crippen molar-refractivity contribution in [2.24, 2.45) is 0 Å². The Hall–Kier alpha value is -0.126. The molecule has 84 valence electrons. The zero-order valence-electron chi connectivity index (χ0n) is 9.39. The molecule has 0 atom stereocenters. The quantitative estimate of drug-likeness (QED) is 0.485. The maximum atomic E-state index is 6.24. The summed E-state index contributed by atoms with van der Waals surface area (Å²) in [6, 6.07) is 2.08. The van der Waals surface area contributed by atoms with Crippen LogP contribution in [0.1, 0.15) is 7.43 Å². The number of hydrogen-bond acceptors (Lipinski definition) is 1. The molecule has 0 saturated carbocycles. The van der Waals surface area contributed by atoms with Crippen LogP contribution in [0.5, 0.6) is 0 Å². The van der Waals surface area contributed by atoms with E-state index in [4.69, 9.17) is 4.12 Å². The van der Waals surface area contributed by atoms with Gasteiger partial charge in [0.15, 0.2) is 16.6 Å². The second-order valence-electron chi connectivity index (χ2n) is 4.61. The molecule has 0 radical (unpaired) electrons. The van der Waals surface area contributed by atoms with E-state index in [2.05, 4.69) is 39.3 Å². The maximum absolute atomic E-state index is 6.24. The van der Waals surface area contributed by atoms with E-state index in [1.807, 2.05) is 12.2 Å². The molecule has 0 aromatic rings. The molecular weight excluding hydrogens is 204 g/mol. The molecule has 0 N–H and O–H groups in total. The summed E-state index contributed by atoms with van der Waals surface area (Å²) >= 11 is 0. The number of rotatable bonds is 6. The smallest absolute Gasteiger partial charge is 0.177 e. The second kappa shape index (κ2) is 6.37. The van der Waals surface area contributed by atoms with Gasteiger partial charge in [0.05, 0.1) is 0 Å². The van der Waals surface area contributed by atoms with Crippen LogP contribution in [0.15, 0.2) is 25.3 Å². The molecule has 0 aromatic carbocycles. The number of allylic oxidation sites excluding steroid dienone is 2. The van der Waals surface area contributed by atoms with Gasteiger partial charge >= 0.3 is 0 Å². The average Bonchev–Trinajstić information content (AvgIpc) is 1.82. The third kappa shape index (κ3) is 7.29. The lowest BCUT2D eigenvalue weighted by molar-refractivity contribution is 0.548. The highest BCUT2D eigenvalue weighted by Gasteiger charge is 2.30. The van der Waals surface area contributed by atoms with Crippen LogP contribution >= 0.6 is 0 Å². The molecule has 0 saturated heterocycles. The molecule has 0 aliphatic heterocycles. The van der Waals surface area contributed by atoms with Crippen LogP contribution in [-0.4, -0.2) is 16.6 Å². The van der Waals surface area contributed by atoms with Crippen molar-refractivity contribution in [1.29, 1.82) is 0 Å². The molecule has 0 unspecified atom stereocenters. The first-order valence-corrected chi connectivity index (χ1v) is 11.0. The summed E-state index contributed by atoms with van der Waals surface area (Å²) in [4.78, 5) is 0. The van der Waals surface area contributed by atoms with Crippen molar-refractivity contribution in [3.8, 4) is 0 Å². The van der Waals surface area contributed by atoms with Gasteiger partial charge in [-0.2, -0.15) is 0 Å². The SMILES string of the molecule is C.C=CC[Si](C)(C)O[Si](C)(C)CC=C. The largest absolute Gasteiger partial charge is 0.455 e. The highest BCUT2D eigenvalue weighted by molar-refractivity contribution is 6.85. The summed E-state index contributed by atoms with van der Waals surface area (Å²) in [5.74, 6) is 0. The van der Waals surface area contributed by atoms with Crippen LogP contribution in [-0.2, 0) is 4.12 Å². The fraction of sp³-hybridized carbons (Fsp3) is 0.636. The standard InChI is InChI=1S/C10H22OSi2.CH4/c1-7-9-12(3,4)11-13(5,6)10-8-2;/h7-8H,1-2,9-10H2,3-6H3;1H4. The minimum atomic E-state index is -1.48. The minimum absolute atomic E-state index is 0. The Morgan fingerprint density at radius 2 is 1.21 bits per heavy atom. The van der Waals surface area contributed by atoms with Crippen molar-refractivity contribution in [1.82, 2.24) is 0 Å². The first-order chi connectivity index (χ1) is 5.83. The van der Waals surface area contributed by atoms with Crippen molar-refractivity contribution in [2.75, 3.05) is 0 Å². The maximum Gasteiger partial charge on any atom is 0.177 e. The van der Waals surface area contributed by atoms with E-state index >= 15 is 0 Å². The third-order valence-corrected chi connectivity index (χ3v) is 8.79. The lowest BCUT2D eigenvalue weighted by atomic mass is 10.8. The van der Waals surface area contributed by atoms with Crippen molar-refractivity contribution < 1.29 is 4.12 Å². The van der Waals surface area contributed by atoms with Crippen molar-refractivity contribution >= 4 is 16.6 Å². The lowest BCUT2D eigenvalue weighted by Crippen LogP contribution is -2.43. The lowest BCUT2D eigenvalue weighted by Gasteiger charge is -2.32. The molecule has 0 fully saturated rings. The van der Waals surface area contributed by atoms with Crippen LogP contribution in [0.4, 0.5) is 0 Å². The highest BCUT2D eigenvalue weighted by atomic mass is 28.4. The Kier molecular flexibility index (Phi) is 7.43. The average molecular weight is 230 g/mol. The molecule has 0 rings (SSSR count). The van der Waals surface area contributed by atoms with Gasteiger partial charge in [0.2, 0.25) is 0 Å². The van der Waals surface area contributed by atoms with Crippen molar-refractivity contribution in [2.45, 2.75) is 45.7 Å². The molecule has 1 nitrogen and oxygen atoms in total. The summed E-state index contributed by atoms with van der Waals surface area (Å²) in [5.41, 5.74) is 0. The first-order valence-electron chi connectivity index (χ1n) is 4.75. The normalized spacial score (nSPS) is 11.7. The van der Waals surface area contributed by atoms with Gasteiger partial charge in [-0.05, 0) is 38.3 Å². The summed E-state index contributed by atoms with van der Waals surface area (Å²) in [6.45, 7) is 16.6. The monoisotopic (exact) mass is 230 g/mol. The Labute approximate surface area is 92.1 Å². The fourth-order valence-corrected chi connectivity index (χ4v) is 9.57. The van der Waals surface area contributed by atoms with Gasteiger partial charge in [-0.15, -0.1) is 13.2 Å². The zero-order chi connectivity index (χ0) is 10.5. The van der Waals surface area contributed by atoms with E-state index in [0.29, 0.717) is 0 Å². The van der Waals surface area contributed by atoms with Gasteiger partial charge in [0.25, 0.3) is 0 Å². The molecule has 0 spiro atoms. The van der Waals surface area contributed by atoms with Gasteiger partial charge in [-0.25, -0.2) is 0 Å². The van der Waals surface area contributed by atoms with Gasteiger partial charge in [-0.3, -0.25) is 0 Å². The predicted molar refractivity (Wildman–Crippen MR) is 72.8 cm³/mol. The molecule has 0 aliphatic carbocycles. The minimum Gasteiger partial charge on any atom is -0.455 e. The van der Waals surface area contributed by atoms with E-state index in [9.17, 15) is 0 Å². The molecule has 0 bridgehead atoms. The van der Waals surface area contributed by atoms with E-state index in [1.165, 1.54) is 0 Å². The van der Waals surface area contributed by atoms with Crippen molar-refractivity contribution in [3.05, 3.63) is 25.3 Å². The zero-order valence-corrected chi connectivity index (χ0v) is 11.4. The van der Waals surface area contributed by atoms with Crippen LogP contribution in [0.2, 0.25) is 38.3 Å². The Morgan fingerprint density at radius 3 is 1.43 bits per heavy atom. The third-order valence-electron chi connectivity index (χ3n) is 1.82. The van der Waals surface area contributed by atoms with Gasteiger partial charge in [0.1, 0.15) is 0 Å². The molecular formula is C11H26OSi2. The van der Waals surface area contributed by atoms with E-state index in [1.54, 1.807) is 0 Å². The van der Waals surface area contributed by atoms with Crippen LogP contribution < -0.4 is 0 Å². The first kappa shape index (κ1) is 16.3. The predicted octanol–water partition coefficient (Wildman–Crippen LogP) is 4.42. The Balaban J connectivity index is 0. The topological polar surface area (TPSA) is 9.23 Å². The fourth-order valence-electron chi connectivity index (χ4n) is 1.53. The Morgan fingerprint density at radius 1 is 0.929 bits per heavy atom. The summed E-state index contributed by atoms with van der Waals surface area (Å²) in [6.07, 6.45) is 3.95. The molecule has 0 aromatic heterocycles. The van der Waals surface area contributed by atoms with Crippen LogP contribution in [0.3, 0.4) is 0 Å².